The number of Topliss-reactive ketones (excluding diaryl/α,β-unsaturated/α-hetero) is 1. The molecule has 8 heteroatoms. The first-order chi connectivity index (χ1) is 16.8. The van der Waals surface area contributed by atoms with E-state index in [1.54, 1.807) is 19.1 Å². The molecule has 0 spiro atoms. The van der Waals surface area contributed by atoms with Crippen molar-refractivity contribution in [3.63, 3.8) is 0 Å². The van der Waals surface area contributed by atoms with Gasteiger partial charge >= 0.3 is 0 Å². The van der Waals surface area contributed by atoms with E-state index in [2.05, 4.69) is 16.8 Å². The third-order valence-electron chi connectivity index (χ3n) is 6.45. The second-order valence-electron chi connectivity index (χ2n) is 9.02. The average Bonchev–Trinajstić information content (AvgIpc) is 3.23. The van der Waals surface area contributed by atoms with Crippen molar-refractivity contribution in [2.45, 2.75) is 40.0 Å². The van der Waals surface area contributed by atoms with E-state index >= 15 is 0 Å². The Labute approximate surface area is 205 Å². The fraction of sp³-hybridized carbons (Fsp3) is 0.481. The van der Waals surface area contributed by atoms with E-state index in [-0.39, 0.29) is 17.5 Å². The number of aryl methyl sites for hydroxylation is 2. The molecule has 0 amide bonds. The lowest BCUT2D eigenvalue weighted by atomic mass is 9.98. The van der Waals surface area contributed by atoms with E-state index in [1.807, 2.05) is 6.92 Å². The summed E-state index contributed by atoms with van der Waals surface area (Å²) in [5.74, 6) is 1.09. The van der Waals surface area contributed by atoms with E-state index in [0.29, 0.717) is 73.4 Å². The van der Waals surface area contributed by atoms with E-state index in [0.717, 1.165) is 24.2 Å². The van der Waals surface area contributed by atoms with E-state index < -0.39 is 0 Å². The quantitative estimate of drug-likeness (QED) is 0.372. The molecule has 1 aliphatic rings. The zero-order valence-corrected chi connectivity index (χ0v) is 20.9. The molecule has 35 heavy (non-hydrogen) atoms. The van der Waals surface area contributed by atoms with Gasteiger partial charge in [-0.25, -0.2) is 9.37 Å². The van der Waals surface area contributed by atoms with Crippen molar-refractivity contribution in [1.82, 2.24) is 9.88 Å². The lowest BCUT2D eigenvalue weighted by Crippen LogP contribution is -2.38. The van der Waals surface area contributed by atoms with Crippen LogP contribution in [-0.2, 0) is 4.74 Å². The van der Waals surface area contributed by atoms with E-state index in [4.69, 9.17) is 18.6 Å². The Morgan fingerprint density at radius 2 is 1.80 bits per heavy atom. The van der Waals surface area contributed by atoms with Crippen molar-refractivity contribution in [3.8, 4) is 11.5 Å². The number of halogens is 1. The van der Waals surface area contributed by atoms with Crippen LogP contribution in [-0.4, -0.2) is 61.7 Å². The van der Waals surface area contributed by atoms with Gasteiger partial charge in [0.2, 0.25) is 11.3 Å². The maximum Gasteiger partial charge on any atom is 0.207 e. The molecule has 0 aliphatic carbocycles. The first-order valence-corrected chi connectivity index (χ1v) is 12.1. The number of benzene rings is 2. The first kappa shape index (κ1) is 25.1. The molecule has 3 aromatic rings. The second kappa shape index (κ2) is 11.2. The number of carbonyl (C=O) groups excluding carboxylic acids is 1. The standard InChI is InChI=1S/C27H33FN2O5/c1-17(21-5-7-22(28)8-6-21)9-13-33-27-25(34-16-12-30-10-14-32-15-11-30)23(19(3)31)18(2)24-26(27)35-20(4)29-24/h5-8,17H,9-16H2,1-4H3. The lowest BCUT2D eigenvalue weighted by Gasteiger charge is -2.26. The molecule has 2 aromatic carbocycles. The predicted octanol–water partition coefficient (Wildman–Crippen LogP) is 5.07. The van der Waals surface area contributed by atoms with Gasteiger partial charge in [-0.1, -0.05) is 19.1 Å². The molecule has 7 nitrogen and oxygen atoms in total. The first-order valence-electron chi connectivity index (χ1n) is 12.1. The molecule has 0 radical (unpaired) electrons. The summed E-state index contributed by atoms with van der Waals surface area (Å²) >= 11 is 0. The topological polar surface area (TPSA) is 74.0 Å². The average molecular weight is 485 g/mol. The normalized spacial score (nSPS) is 15.3. The van der Waals surface area contributed by atoms with Crippen molar-refractivity contribution in [2.24, 2.45) is 0 Å². The Hall–Kier alpha value is -2.97. The fourth-order valence-electron chi connectivity index (χ4n) is 4.43. The van der Waals surface area contributed by atoms with Crippen molar-refractivity contribution in [2.75, 3.05) is 46.1 Å². The van der Waals surface area contributed by atoms with Crippen LogP contribution in [0.1, 0.15) is 53.6 Å². The molecule has 4 rings (SSSR count). The SMILES string of the molecule is CC(=O)c1c(OCCN2CCOCC2)c(OCCC(C)c2ccc(F)cc2)c2oc(C)nc2c1C. The highest BCUT2D eigenvalue weighted by molar-refractivity contribution is 6.05. The number of nitrogens with zero attached hydrogens (tertiary/aromatic N) is 2. The molecule has 1 fully saturated rings. The van der Waals surface area contributed by atoms with Crippen LogP contribution in [0, 0.1) is 19.7 Å². The highest BCUT2D eigenvalue weighted by Crippen LogP contribution is 2.42. The molecule has 1 atom stereocenters. The van der Waals surface area contributed by atoms with Gasteiger partial charge in [0.25, 0.3) is 0 Å². The van der Waals surface area contributed by atoms with Gasteiger partial charge < -0.3 is 18.6 Å². The molecule has 1 saturated heterocycles. The Morgan fingerprint density at radius 1 is 1.11 bits per heavy atom. The second-order valence-corrected chi connectivity index (χ2v) is 9.02. The number of hydrogen-bond donors (Lipinski definition) is 0. The summed E-state index contributed by atoms with van der Waals surface area (Å²) in [6.45, 7) is 11.8. The molecule has 0 saturated carbocycles. The van der Waals surface area contributed by atoms with Gasteiger partial charge in [-0.2, -0.15) is 0 Å². The monoisotopic (exact) mass is 484 g/mol. The van der Waals surface area contributed by atoms with Crippen molar-refractivity contribution < 1.29 is 27.8 Å². The number of oxazole rings is 1. The number of ether oxygens (including phenoxy) is 3. The Bertz CT molecular complexity index is 1170. The number of ketones is 1. The molecule has 1 aliphatic heterocycles. The minimum atomic E-state index is -0.254. The number of morpholine rings is 1. The number of carbonyl (C=O) groups is 1. The van der Waals surface area contributed by atoms with Gasteiger partial charge in [0.05, 0.1) is 25.4 Å². The predicted molar refractivity (Wildman–Crippen MR) is 131 cm³/mol. The molecule has 1 aromatic heterocycles. The maximum absolute atomic E-state index is 13.3. The summed E-state index contributed by atoms with van der Waals surface area (Å²) in [5.41, 5.74) is 3.31. The van der Waals surface area contributed by atoms with Gasteiger partial charge in [-0.15, -0.1) is 0 Å². The number of hydrogen-bond acceptors (Lipinski definition) is 7. The molecule has 188 valence electrons. The van der Waals surface area contributed by atoms with Crippen LogP contribution in [0.3, 0.4) is 0 Å². The summed E-state index contributed by atoms with van der Waals surface area (Å²) in [5, 5.41) is 0. The van der Waals surface area contributed by atoms with Crippen LogP contribution in [0.4, 0.5) is 4.39 Å². The zero-order valence-electron chi connectivity index (χ0n) is 20.9. The van der Waals surface area contributed by atoms with Gasteiger partial charge in [0.1, 0.15) is 17.9 Å². The molecule has 2 heterocycles. The summed E-state index contributed by atoms with van der Waals surface area (Å²) in [4.78, 5) is 19.5. The zero-order chi connectivity index (χ0) is 24.9. The largest absolute Gasteiger partial charge is 0.487 e. The Morgan fingerprint density at radius 3 is 2.49 bits per heavy atom. The molecule has 0 N–H and O–H groups in total. The summed E-state index contributed by atoms with van der Waals surface area (Å²) in [6, 6.07) is 6.51. The highest BCUT2D eigenvalue weighted by atomic mass is 19.1. The fourth-order valence-corrected chi connectivity index (χ4v) is 4.43. The summed E-state index contributed by atoms with van der Waals surface area (Å²) < 4.78 is 37.1. The van der Waals surface area contributed by atoms with Crippen molar-refractivity contribution in [3.05, 3.63) is 52.7 Å². The van der Waals surface area contributed by atoms with Crippen molar-refractivity contribution in [1.29, 1.82) is 0 Å². The molecule has 0 bridgehead atoms. The smallest absolute Gasteiger partial charge is 0.207 e. The number of fused-ring (bicyclic) bond motifs is 1. The summed E-state index contributed by atoms with van der Waals surface area (Å²) in [6.07, 6.45) is 0.691. The number of aromatic nitrogens is 1. The van der Waals surface area contributed by atoms with Crippen LogP contribution in [0.15, 0.2) is 28.7 Å². The Kier molecular flexibility index (Phi) is 8.03. The minimum Gasteiger partial charge on any atom is -0.487 e. The van der Waals surface area contributed by atoms with Gasteiger partial charge in [-0.05, 0) is 49.4 Å². The van der Waals surface area contributed by atoms with Crippen LogP contribution in [0.5, 0.6) is 11.5 Å². The number of rotatable bonds is 10. The maximum atomic E-state index is 13.3. The molecular weight excluding hydrogens is 451 g/mol. The van der Waals surface area contributed by atoms with E-state index in [9.17, 15) is 9.18 Å². The molecular formula is C27H33FN2O5. The van der Waals surface area contributed by atoms with Crippen LogP contribution >= 0.6 is 0 Å². The van der Waals surface area contributed by atoms with Crippen LogP contribution < -0.4 is 9.47 Å². The van der Waals surface area contributed by atoms with Gasteiger partial charge in [-0.3, -0.25) is 9.69 Å². The molecule has 1 unspecified atom stereocenters. The van der Waals surface area contributed by atoms with Crippen LogP contribution in [0.2, 0.25) is 0 Å². The summed E-state index contributed by atoms with van der Waals surface area (Å²) in [7, 11) is 0. The van der Waals surface area contributed by atoms with Gasteiger partial charge in [0, 0.05) is 26.6 Å². The van der Waals surface area contributed by atoms with Crippen LogP contribution in [0.25, 0.3) is 11.1 Å². The third-order valence-corrected chi connectivity index (χ3v) is 6.45. The highest BCUT2D eigenvalue weighted by Gasteiger charge is 2.27. The minimum absolute atomic E-state index is 0.115. The third kappa shape index (κ3) is 5.82. The van der Waals surface area contributed by atoms with E-state index in [1.165, 1.54) is 19.1 Å². The van der Waals surface area contributed by atoms with Crippen molar-refractivity contribution >= 4 is 16.9 Å². The lowest BCUT2D eigenvalue weighted by molar-refractivity contribution is 0.0320. The Balaban J connectivity index is 1.58. The van der Waals surface area contributed by atoms with Gasteiger partial charge in [0.15, 0.2) is 17.4 Å².